The third-order valence-electron chi connectivity index (χ3n) is 5.43. The quantitative estimate of drug-likeness (QED) is 0.393. The second-order valence-corrected chi connectivity index (χ2v) is 7.48. The van der Waals surface area contributed by atoms with Gasteiger partial charge in [-0.3, -0.25) is 0 Å². The van der Waals surface area contributed by atoms with Crippen LogP contribution in [-0.4, -0.2) is 38.0 Å². The molecule has 0 aromatic heterocycles. The van der Waals surface area contributed by atoms with E-state index in [4.69, 9.17) is 14.2 Å². The molecular formula is C18H28O4. The molecule has 0 saturated heterocycles. The van der Waals surface area contributed by atoms with Crippen LogP contribution in [0, 0.1) is 17.8 Å². The summed E-state index contributed by atoms with van der Waals surface area (Å²) in [6.45, 7) is 7.11. The van der Waals surface area contributed by atoms with Crippen LogP contribution >= 0.6 is 0 Å². The van der Waals surface area contributed by atoms with Gasteiger partial charge in [-0.25, -0.2) is 4.79 Å². The van der Waals surface area contributed by atoms with Gasteiger partial charge in [0.05, 0.1) is 25.4 Å². The van der Waals surface area contributed by atoms with Crippen LogP contribution in [0.15, 0.2) is 12.2 Å². The van der Waals surface area contributed by atoms with Crippen molar-refractivity contribution in [3.8, 4) is 0 Å². The van der Waals surface area contributed by atoms with Crippen molar-refractivity contribution in [1.29, 1.82) is 0 Å². The number of rotatable bonds is 8. The van der Waals surface area contributed by atoms with Crippen molar-refractivity contribution in [3.63, 3.8) is 0 Å². The first-order valence-corrected chi connectivity index (χ1v) is 8.61. The normalized spacial score (nSPS) is 35.6. The molecule has 0 spiro atoms. The van der Waals surface area contributed by atoms with Crippen molar-refractivity contribution in [2.75, 3.05) is 26.4 Å². The molecule has 0 unspecified atom stereocenters. The maximum Gasteiger partial charge on any atom is 0.333 e. The van der Waals surface area contributed by atoms with E-state index in [2.05, 4.69) is 6.58 Å². The highest BCUT2D eigenvalue weighted by molar-refractivity contribution is 5.86. The van der Waals surface area contributed by atoms with Crippen LogP contribution in [0.5, 0.6) is 0 Å². The van der Waals surface area contributed by atoms with Crippen molar-refractivity contribution in [1.82, 2.24) is 0 Å². The van der Waals surface area contributed by atoms with Crippen LogP contribution < -0.4 is 0 Å². The lowest BCUT2D eigenvalue weighted by Gasteiger charge is -2.56. The summed E-state index contributed by atoms with van der Waals surface area (Å²) in [5.74, 6) is 2.38. The minimum Gasteiger partial charge on any atom is -0.460 e. The molecule has 4 nitrogen and oxygen atoms in total. The molecule has 0 radical (unpaired) electrons. The van der Waals surface area contributed by atoms with Gasteiger partial charge in [-0.2, -0.15) is 0 Å². The first-order valence-electron chi connectivity index (χ1n) is 8.61. The smallest absolute Gasteiger partial charge is 0.333 e. The van der Waals surface area contributed by atoms with E-state index in [0.29, 0.717) is 25.4 Å². The second-order valence-electron chi connectivity index (χ2n) is 7.48. The number of ether oxygens (including phenoxy) is 3. The molecule has 0 heterocycles. The summed E-state index contributed by atoms with van der Waals surface area (Å²) >= 11 is 0. The lowest BCUT2D eigenvalue weighted by molar-refractivity contribution is -0.169. The average molecular weight is 308 g/mol. The summed E-state index contributed by atoms with van der Waals surface area (Å²) in [7, 11) is 0. The predicted octanol–water partition coefficient (Wildman–Crippen LogP) is 3.11. The first kappa shape index (κ1) is 16.0. The van der Waals surface area contributed by atoms with Crippen LogP contribution in [0.2, 0.25) is 0 Å². The van der Waals surface area contributed by atoms with E-state index in [1.807, 2.05) is 0 Å². The second kappa shape index (κ2) is 6.71. The summed E-state index contributed by atoms with van der Waals surface area (Å²) < 4.78 is 16.7. The van der Waals surface area contributed by atoms with Crippen molar-refractivity contribution in [2.24, 2.45) is 17.8 Å². The molecule has 0 amide bonds. The summed E-state index contributed by atoms with van der Waals surface area (Å²) in [5, 5.41) is 0. The summed E-state index contributed by atoms with van der Waals surface area (Å²) in [6, 6.07) is 0. The SMILES string of the molecule is C=C(C)C(=O)OCCOCCOC12CC3CC(CC(C3)C1)C2. The maximum atomic E-state index is 11.2. The zero-order valence-electron chi connectivity index (χ0n) is 13.6. The van der Waals surface area contributed by atoms with Gasteiger partial charge in [0.25, 0.3) is 0 Å². The highest BCUT2D eigenvalue weighted by Gasteiger charge is 2.51. The molecule has 0 aromatic carbocycles. The fourth-order valence-corrected chi connectivity index (χ4v) is 4.94. The van der Waals surface area contributed by atoms with Crippen molar-refractivity contribution < 1.29 is 19.0 Å². The number of carbonyl (C=O) groups is 1. The molecule has 0 aliphatic heterocycles. The van der Waals surface area contributed by atoms with Gasteiger partial charge in [-0.15, -0.1) is 0 Å². The molecule has 4 heteroatoms. The molecule has 4 bridgehead atoms. The summed E-state index contributed by atoms with van der Waals surface area (Å²) in [5.41, 5.74) is 0.579. The Balaban J connectivity index is 1.29. The third-order valence-corrected chi connectivity index (χ3v) is 5.43. The van der Waals surface area contributed by atoms with Gasteiger partial charge in [-0.1, -0.05) is 6.58 Å². The monoisotopic (exact) mass is 308 g/mol. The average Bonchev–Trinajstić information content (AvgIpc) is 2.44. The maximum absolute atomic E-state index is 11.2. The Bertz CT molecular complexity index is 394. The number of hydrogen-bond donors (Lipinski definition) is 0. The van der Waals surface area contributed by atoms with Crippen LogP contribution in [-0.2, 0) is 19.0 Å². The van der Waals surface area contributed by atoms with Crippen molar-refractivity contribution >= 4 is 5.97 Å². The van der Waals surface area contributed by atoms with Crippen LogP contribution in [0.25, 0.3) is 0 Å². The van der Waals surface area contributed by atoms with E-state index < -0.39 is 0 Å². The Morgan fingerprint density at radius 1 is 1.00 bits per heavy atom. The van der Waals surface area contributed by atoms with Gasteiger partial charge in [0, 0.05) is 5.57 Å². The lowest BCUT2D eigenvalue weighted by atomic mass is 9.54. The van der Waals surface area contributed by atoms with E-state index >= 15 is 0 Å². The van der Waals surface area contributed by atoms with Crippen molar-refractivity contribution in [2.45, 2.75) is 51.0 Å². The zero-order chi connectivity index (χ0) is 15.6. The molecule has 4 saturated carbocycles. The minimum atomic E-state index is -0.353. The van der Waals surface area contributed by atoms with E-state index in [1.54, 1.807) is 6.92 Å². The minimum absolute atomic E-state index is 0.157. The number of esters is 1. The van der Waals surface area contributed by atoms with E-state index in [9.17, 15) is 4.79 Å². The van der Waals surface area contributed by atoms with Gasteiger partial charge < -0.3 is 14.2 Å². The third kappa shape index (κ3) is 3.72. The number of hydrogen-bond acceptors (Lipinski definition) is 4. The summed E-state index contributed by atoms with van der Waals surface area (Å²) in [4.78, 5) is 11.2. The highest BCUT2D eigenvalue weighted by atomic mass is 16.6. The predicted molar refractivity (Wildman–Crippen MR) is 83.4 cm³/mol. The standard InChI is InChI=1S/C18H28O4/c1-13(2)17(19)21-5-3-20-4-6-22-18-10-14-7-15(11-18)9-16(8-14)12-18/h14-16H,1,3-12H2,2H3. The van der Waals surface area contributed by atoms with Gasteiger partial charge in [0.2, 0.25) is 0 Å². The lowest BCUT2D eigenvalue weighted by Crippen LogP contribution is -2.52. The molecule has 0 N–H and O–H groups in total. The van der Waals surface area contributed by atoms with Gasteiger partial charge in [0.1, 0.15) is 6.61 Å². The van der Waals surface area contributed by atoms with Gasteiger partial charge in [0.15, 0.2) is 0 Å². The Morgan fingerprint density at radius 3 is 2.09 bits per heavy atom. The summed E-state index contributed by atoms with van der Waals surface area (Å²) in [6.07, 6.45) is 8.09. The van der Waals surface area contributed by atoms with Crippen molar-refractivity contribution in [3.05, 3.63) is 12.2 Å². The zero-order valence-corrected chi connectivity index (χ0v) is 13.6. The first-order chi connectivity index (χ1) is 10.6. The molecule has 4 rings (SSSR count). The van der Waals surface area contributed by atoms with Crippen LogP contribution in [0.3, 0.4) is 0 Å². The Morgan fingerprint density at radius 2 is 1.55 bits per heavy atom. The molecule has 0 aromatic rings. The molecule has 124 valence electrons. The number of carbonyl (C=O) groups excluding carboxylic acids is 1. The molecule has 4 aliphatic carbocycles. The Hall–Kier alpha value is -0.870. The molecular weight excluding hydrogens is 280 g/mol. The van der Waals surface area contributed by atoms with E-state index in [-0.39, 0.29) is 18.2 Å². The van der Waals surface area contributed by atoms with Gasteiger partial charge in [-0.05, 0) is 63.2 Å². The molecule has 0 atom stereocenters. The van der Waals surface area contributed by atoms with Crippen LogP contribution in [0.1, 0.15) is 45.4 Å². The molecule has 4 fully saturated rings. The van der Waals surface area contributed by atoms with Crippen LogP contribution in [0.4, 0.5) is 0 Å². The molecule has 4 aliphatic rings. The van der Waals surface area contributed by atoms with Gasteiger partial charge >= 0.3 is 5.97 Å². The topological polar surface area (TPSA) is 44.8 Å². The molecule has 22 heavy (non-hydrogen) atoms. The Labute approximate surface area is 133 Å². The highest BCUT2D eigenvalue weighted by Crippen LogP contribution is 2.57. The fraction of sp³-hybridized carbons (Fsp3) is 0.833. The van der Waals surface area contributed by atoms with E-state index in [1.165, 1.54) is 38.5 Å². The Kier molecular flexibility index (Phi) is 4.88. The largest absolute Gasteiger partial charge is 0.460 e. The van der Waals surface area contributed by atoms with E-state index in [0.717, 1.165) is 17.8 Å². The fourth-order valence-electron chi connectivity index (χ4n) is 4.94.